The number of hydrogen-bond acceptors (Lipinski definition) is 2. The normalized spacial score (nSPS) is 24.4. The van der Waals surface area contributed by atoms with Gasteiger partial charge in [0.25, 0.3) is 0 Å². The van der Waals surface area contributed by atoms with Gasteiger partial charge in [0.05, 0.1) is 12.0 Å². The van der Waals surface area contributed by atoms with Gasteiger partial charge in [-0.25, -0.2) is 4.39 Å². The van der Waals surface area contributed by atoms with Gasteiger partial charge in [0.1, 0.15) is 5.82 Å². The van der Waals surface area contributed by atoms with Crippen molar-refractivity contribution in [2.75, 3.05) is 13.1 Å². The zero-order valence-electron chi connectivity index (χ0n) is 11.5. The van der Waals surface area contributed by atoms with Crippen molar-refractivity contribution >= 4 is 11.6 Å². The van der Waals surface area contributed by atoms with E-state index < -0.39 is 0 Å². The van der Waals surface area contributed by atoms with E-state index in [4.69, 9.17) is 11.6 Å². The van der Waals surface area contributed by atoms with E-state index >= 15 is 0 Å². The summed E-state index contributed by atoms with van der Waals surface area (Å²) in [5, 5.41) is 9.71. The van der Waals surface area contributed by atoms with Crippen LogP contribution in [0.3, 0.4) is 0 Å². The van der Waals surface area contributed by atoms with Gasteiger partial charge >= 0.3 is 0 Å². The molecule has 2 rings (SSSR count). The number of nitrogens with zero attached hydrogens (tertiary/aromatic N) is 2. The molecule has 0 aliphatic carbocycles. The molecular formula is C15H18ClFN2. The molecule has 102 valence electrons. The lowest BCUT2D eigenvalue weighted by Gasteiger charge is -2.31. The van der Waals surface area contributed by atoms with Crippen LogP contribution >= 0.6 is 11.6 Å². The SMILES string of the molecule is CC(C)(C)N1C[C@H](c2cc(F)cc(Cl)c2)[C@@H](C#N)C1. The molecule has 0 N–H and O–H groups in total. The van der Waals surface area contributed by atoms with Crippen molar-refractivity contribution in [1.29, 1.82) is 5.26 Å². The maximum absolute atomic E-state index is 13.5. The minimum absolute atomic E-state index is 0.0149. The van der Waals surface area contributed by atoms with E-state index in [9.17, 15) is 9.65 Å². The van der Waals surface area contributed by atoms with Crippen LogP contribution in [0.2, 0.25) is 5.02 Å². The van der Waals surface area contributed by atoms with Gasteiger partial charge in [0.15, 0.2) is 0 Å². The maximum atomic E-state index is 13.5. The van der Waals surface area contributed by atoms with Gasteiger partial charge in [-0.15, -0.1) is 0 Å². The van der Waals surface area contributed by atoms with Crippen molar-refractivity contribution in [2.24, 2.45) is 5.92 Å². The van der Waals surface area contributed by atoms with E-state index in [0.29, 0.717) is 5.02 Å². The zero-order chi connectivity index (χ0) is 14.2. The van der Waals surface area contributed by atoms with Crippen LogP contribution in [-0.4, -0.2) is 23.5 Å². The van der Waals surface area contributed by atoms with Crippen LogP contribution in [0.1, 0.15) is 32.3 Å². The molecule has 0 unspecified atom stereocenters. The van der Waals surface area contributed by atoms with Crippen molar-refractivity contribution < 1.29 is 4.39 Å². The summed E-state index contributed by atoms with van der Waals surface area (Å²) in [6, 6.07) is 6.90. The summed E-state index contributed by atoms with van der Waals surface area (Å²) in [4.78, 5) is 2.27. The smallest absolute Gasteiger partial charge is 0.124 e. The Morgan fingerprint density at radius 1 is 1.32 bits per heavy atom. The first-order valence-electron chi connectivity index (χ1n) is 6.42. The monoisotopic (exact) mass is 280 g/mol. The second-order valence-corrected chi connectivity index (χ2v) is 6.56. The van der Waals surface area contributed by atoms with Crippen molar-refractivity contribution in [3.63, 3.8) is 0 Å². The molecule has 2 nitrogen and oxygen atoms in total. The number of halogens is 2. The Labute approximate surface area is 118 Å². The highest BCUT2D eigenvalue weighted by atomic mass is 35.5. The largest absolute Gasteiger partial charge is 0.297 e. The van der Waals surface area contributed by atoms with E-state index in [0.717, 1.165) is 18.7 Å². The molecule has 1 aromatic rings. The Morgan fingerprint density at radius 3 is 2.53 bits per heavy atom. The van der Waals surface area contributed by atoms with Crippen LogP contribution in [0.15, 0.2) is 18.2 Å². The van der Waals surface area contributed by atoms with E-state index in [1.54, 1.807) is 6.07 Å². The van der Waals surface area contributed by atoms with E-state index in [1.807, 2.05) is 0 Å². The first-order chi connectivity index (χ1) is 8.81. The number of nitriles is 1. The van der Waals surface area contributed by atoms with Crippen molar-refractivity contribution in [2.45, 2.75) is 32.2 Å². The van der Waals surface area contributed by atoms with E-state index in [-0.39, 0.29) is 23.2 Å². The van der Waals surface area contributed by atoms with Crippen LogP contribution in [0.5, 0.6) is 0 Å². The predicted molar refractivity (Wildman–Crippen MR) is 74.6 cm³/mol. The summed E-state index contributed by atoms with van der Waals surface area (Å²) in [6.07, 6.45) is 0. The fourth-order valence-corrected chi connectivity index (χ4v) is 2.84. The first kappa shape index (κ1) is 14.3. The van der Waals surface area contributed by atoms with Crippen LogP contribution in [0, 0.1) is 23.1 Å². The second-order valence-electron chi connectivity index (χ2n) is 6.12. The molecule has 0 spiro atoms. The Bertz CT molecular complexity index is 496. The molecule has 2 atom stereocenters. The van der Waals surface area contributed by atoms with Crippen LogP contribution in [-0.2, 0) is 0 Å². The molecule has 19 heavy (non-hydrogen) atoms. The zero-order valence-corrected chi connectivity index (χ0v) is 12.2. The standard InChI is InChI=1S/C15H18ClFN2/c1-15(2,3)19-8-11(7-18)14(9-19)10-4-12(16)6-13(17)5-10/h4-6,11,14H,8-9H2,1-3H3/t11-,14+/m0/s1. The quantitative estimate of drug-likeness (QED) is 0.782. The summed E-state index contributed by atoms with van der Waals surface area (Å²) in [6.45, 7) is 7.87. The lowest BCUT2D eigenvalue weighted by molar-refractivity contribution is 0.170. The van der Waals surface area contributed by atoms with Crippen LogP contribution in [0.25, 0.3) is 0 Å². The molecular weight excluding hydrogens is 263 g/mol. The van der Waals surface area contributed by atoms with Gasteiger partial charge in [0, 0.05) is 29.6 Å². The molecule has 1 fully saturated rings. The molecule has 1 heterocycles. The highest BCUT2D eigenvalue weighted by Crippen LogP contribution is 2.36. The summed E-state index contributed by atoms with van der Waals surface area (Å²) in [5.41, 5.74) is 0.837. The maximum Gasteiger partial charge on any atom is 0.124 e. The lowest BCUT2D eigenvalue weighted by Crippen LogP contribution is -2.39. The molecule has 1 saturated heterocycles. The molecule has 1 aromatic carbocycles. The molecule has 0 bridgehead atoms. The topological polar surface area (TPSA) is 27.0 Å². The Morgan fingerprint density at radius 2 is 2.00 bits per heavy atom. The number of benzene rings is 1. The van der Waals surface area contributed by atoms with Gasteiger partial charge in [0.2, 0.25) is 0 Å². The minimum atomic E-state index is -0.339. The Hall–Kier alpha value is -1.11. The van der Waals surface area contributed by atoms with Gasteiger partial charge < -0.3 is 0 Å². The van der Waals surface area contributed by atoms with Gasteiger partial charge in [-0.1, -0.05) is 11.6 Å². The second kappa shape index (κ2) is 5.11. The summed E-state index contributed by atoms with van der Waals surface area (Å²) in [5.74, 6) is -0.428. The third-order valence-corrected chi connectivity index (χ3v) is 3.97. The minimum Gasteiger partial charge on any atom is -0.297 e. The van der Waals surface area contributed by atoms with Gasteiger partial charge in [-0.05, 0) is 44.5 Å². The number of hydrogen-bond donors (Lipinski definition) is 0. The van der Waals surface area contributed by atoms with Gasteiger partial charge in [-0.2, -0.15) is 5.26 Å². The predicted octanol–water partition coefficient (Wildman–Crippen LogP) is 3.82. The summed E-state index contributed by atoms with van der Waals surface area (Å²) in [7, 11) is 0. The first-order valence-corrected chi connectivity index (χ1v) is 6.79. The fraction of sp³-hybridized carbons (Fsp3) is 0.533. The van der Waals surface area contributed by atoms with E-state index in [2.05, 4.69) is 31.7 Å². The average molecular weight is 281 g/mol. The summed E-state index contributed by atoms with van der Waals surface area (Å²) >= 11 is 5.91. The Balaban J connectivity index is 2.31. The van der Waals surface area contributed by atoms with Gasteiger partial charge in [-0.3, -0.25) is 4.90 Å². The van der Waals surface area contributed by atoms with Crippen molar-refractivity contribution in [3.05, 3.63) is 34.6 Å². The fourth-order valence-electron chi connectivity index (χ4n) is 2.61. The van der Waals surface area contributed by atoms with Crippen molar-refractivity contribution in [1.82, 2.24) is 4.90 Å². The van der Waals surface area contributed by atoms with Crippen molar-refractivity contribution in [3.8, 4) is 6.07 Å². The highest BCUT2D eigenvalue weighted by molar-refractivity contribution is 6.30. The lowest BCUT2D eigenvalue weighted by atomic mass is 9.90. The van der Waals surface area contributed by atoms with E-state index in [1.165, 1.54) is 12.1 Å². The highest BCUT2D eigenvalue weighted by Gasteiger charge is 2.38. The third-order valence-electron chi connectivity index (χ3n) is 3.75. The Kier molecular flexibility index (Phi) is 3.85. The number of rotatable bonds is 1. The third kappa shape index (κ3) is 3.08. The molecule has 0 radical (unpaired) electrons. The summed E-state index contributed by atoms with van der Waals surface area (Å²) < 4.78 is 13.5. The molecule has 1 aliphatic heterocycles. The average Bonchev–Trinajstić information content (AvgIpc) is 2.71. The molecule has 4 heteroatoms. The molecule has 1 aliphatic rings. The molecule has 0 amide bonds. The van der Waals surface area contributed by atoms with Crippen LogP contribution in [0.4, 0.5) is 4.39 Å². The van der Waals surface area contributed by atoms with Crippen LogP contribution < -0.4 is 0 Å². The number of likely N-dealkylation sites (tertiary alicyclic amines) is 1. The molecule has 0 aromatic heterocycles. The molecule has 0 saturated carbocycles.